The number of ether oxygens (including phenoxy) is 1. The molecule has 5 aromatic rings. The minimum atomic E-state index is -1.10. The second-order valence-electron chi connectivity index (χ2n) is 8.68. The molecule has 2 aromatic heterocycles. The zero-order chi connectivity index (χ0) is 26.1. The van der Waals surface area contributed by atoms with Gasteiger partial charge >= 0.3 is 5.97 Å². The first-order chi connectivity index (χ1) is 17.8. The summed E-state index contributed by atoms with van der Waals surface area (Å²) >= 11 is 0. The summed E-state index contributed by atoms with van der Waals surface area (Å²) in [7, 11) is 3.74. The topological polar surface area (TPSA) is 110 Å². The molecule has 0 fully saturated rings. The SMILES string of the molecule is C[C@@H](Oc1cc(N(C)C)ccc1C=Nn1c(-c2cc3ccccc3o2)nc2ccccc2c1=O)C(=O)O. The predicted octanol–water partition coefficient (Wildman–Crippen LogP) is 4.61. The Hall–Kier alpha value is -4.92. The molecule has 0 saturated heterocycles. The summed E-state index contributed by atoms with van der Waals surface area (Å²) in [5, 5.41) is 15.1. The van der Waals surface area contributed by atoms with Crippen molar-refractivity contribution in [1.82, 2.24) is 9.66 Å². The summed E-state index contributed by atoms with van der Waals surface area (Å²) in [6.45, 7) is 1.45. The highest BCUT2D eigenvalue weighted by Gasteiger charge is 2.18. The number of carboxylic acid groups (broad SMARTS) is 1. The van der Waals surface area contributed by atoms with Gasteiger partial charge in [-0.1, -0.05) is 30.3 Å². The van der Waals surface area contributed by atoms with Gasteiger partial charge in [-0.2, -0.15) is 9.78 Å². The normalized spacial score (nSPS) is 12.3. The highest BCUT2D eigenvalue weighted by Crippen LogP contribution is 2.28. The smallest absolute Gasteiger partial charge is 0.344 e. The van der Waals surface area contributed by atoms with Crippen LogP contribution in [-0.2, 0) is 4.79 Å². The van der Waals surface area contributed by atoms with E-state index in [1.807, 2.05) is 61.5 Å². The molecule has 0 aliphatic rings. The van der Waals surface area contributed by atoms with E-state index in [0.717, 1.165) is 11.1 Å². The summed E-state index contributed by atoms with van der Waals surface area (Å²) in [4.78, 5) is 31.5. The molecule has 0 aliphatic heterocycles. The van der Waals surface area contributed by atoms with Crippen molar-refractivity contribution in [1.29, 1.82) is 0 Å². The van der Waals surface area contributed by atoms with Crippen LogP contribution in [0.3, 0.4) is 0 Å². The van der Waals surface area contributed by atoms with Crippen molar-refractivity contribution in [2.75, 3.05) is 19.0 Å². The summed E-state index contributed by atoms with van der Waals surface area (Å²) in [5.74, 6) is -0.153. The second kappa shape index (κ2) is 9.62. The highest BCUT2D eigenvalue weighted by molar-refractivity contribution is 5.87. The van der Waals surface area contributed by atoms with Gasteiger partial charge in [0.25, 0.3) is 5.56 Å². The molecule has 9 heteroatoms. The number of carbonyl (C=O) groups is 1. The first kappa shape index (κ1) is 23.8. The van der Waals surface area contributed by atoms with Crippen molar-refractivity contribution in [3.63, 3.8) is 0 Å². The van der Waals surface area contributed by atoms with E-state index in [1.165, 1.54) is 17.8 Å². The van der Waals surface area contributed by atoms with Crippen LogP contribution in [0.15, 0.2) is 87.1 Å². The molecule has 0 aliphatic carbocycles. The van der Waals surface area contributed by atoms with E-state index in [0.29, 0.717) is 33.6 Å². The van der Waals surface area contributed by atoms with Crippen molar-refractivity contribution in [3.05, 3.63) is 88.7 Å². The molecular weight excluding hydrogens is 472 g/mol. The number of aromatic nitrogens is 2. The van der Waals surface area contributed by atoms with Gasteiger partial charge in [-0.05, 0) is 43.3 Å². The van der Waals surface area contributed by atoms with E-state index in [-0.39, 0.29) is 11.4 Å². The third kappa shape index (κ3) is 4.66. The summed E-state index contributed by atoms with van der Waals surface area (Å²) < 4.78 is 12.9. The van der Waals surface area contributed by atoms with Gasteiger partial charge in [-0.15, -0.1) is 0 Å². The Labute approximate surface area is 211 Å². The van der Waals surface area contributed by atoms with Crippen LogP contribution in [0.2, 0.25) is 0 Å². The lowest BCUT2D eigenvalue weighted by atomic mass is 10.2. The average Bonchev–Trinajstić information content (AvgIpc) is 3.32. The third-order valence-corrected chi connectivity index (χ3v) is 5.88. The molecule has 3 aromatic carbocycles. The fraction of sp³-hybridized carbons (Fsp3) is 0.143. The van der Waals surface area contributed by atoms with Crippen LogP contribution in [-0.4, -0.2) is 47.1 Å². The monoisotopic (exact) mass is 496 g/mol. The molecule has 1 N–H and O–H groups in total. The molecule has 9 nitrogen and oxygen atoms in total. The molecule has 0 bridgehead atoms. The van der Waals surface area contributed by atoms with Crippen LogP contribution in [0.5, 0.6) is 5.75 Å². The Bertz CT molecular complexity index is 1680. The molecule has 5 rings (SSSR count). The van der Waals surface area contributed by atoms with Gasteiger partial charge in [0, 0.05) is 36.8 Å². The number of rotatable bonds is 7. The number of nitrogens with zero attached hydrogens (tertiary/aromatic N) is 4. The zero-order valence-corrected chi connectivity index (χ0v) is 20.5. The minimum absolute atomic E-state index is 0.238. The van der Waals surface area contributed by atoms with E-state index in [2.05, 4.69) is 10.1 Å². The maximum atomic E-state index is 13.5. The number of anilines is 1. The van der Waals surface area contributed by atoms with E-state index in [9.17, 15) is 14.7 Å². The van der Waals surface area contributed by atoms with Crippen LogP contribution in [0.4, 0.5) is 5.69 Å². The largest absolute Gasteiger partial charge is 0.479 e. The van der Waals surface area contributed by atoms with Crippen molar-refractivity contribution in [2.24, 2.45) is 5.10 Å². The third-order valence-electron chi connectivity index (χ3n) is 5.88. The fourth-order valence-electron chi connectivity index (χ4n) is 3.85. The van der Waals surface area contributed by atoms with Crippen LogP contribution in [0, 0.1) is 0 Å². The predicted molar refractivity (Wildman–Crippen MR) is 143 cm³/mol. The van der Waals surface area contributed by atoms with Crippen LogP contribution in [0.25, 0.3) is 33.5 Å². The molecule has 0 unspecified atom stereocenters. The van der Waals surface area contributed by atoms with Crippen molar-refractivity contribution >= 4 is 39.7 Å². The maximum absolute atomic E-state index is 13.5. The lowest BCUT2D eigenvalue weighted by Crippen LogP contribution is -2.24. The van der Waals surface area contributed by atoms with E-state index in [4.69, 9.17) is 9.15 Å². The Kier molecular flexibility index (Phi) is 6.19. The van der Waals surface area contributed by atoms with Gasteiger partial charge < -0.3 is 19.2 Å². The number of fused-ring (bicyclic) bond motifs is 2. The molecule has 1 atom stereocenters. The van der Waals surface area contributed by atoms with Gasteiger partial charge in [-0.3, -0.25) is 4.79 Å². The Balaban J connectivity index is 1.67. The average molecular weight is 497 g/mol. The molecule has 186 valence electrons. The lowest BCUT2D eigenvalue weighted by molar-refractivity contribution is -0.144. The fourth-order valence-corrected chi connectivity index (χ4v) is 3.85. The first-order valence-corrected chi connectivity index (χ1v) is 11.6. The van der Waals surface area contributed by atoms with Crippen LogP contribution < -0.4 is 15.2 Å². The number of para-hydroxylation sites is 2. The van der Waals surface area contributed by atoms with E-state index >= 15 is 0 Å². The Morgan fingerprint density at radius 2 is 1.86 bits per heavy atom. The Morgan fingerprint density at radius 3 is 2.62 bits per heavy atom. The van der Waals surface area contributed by atoms with Crippen molar-refractivity contribution in [3.8, 4) is 17.3 Å². The second-order valence-corrected chi connectivity index (χ2v) is 8.68. The number of hydrogen-bond donors (Lipinski definition) is 1. The molecule has 0 saturated carbocycles. The number of hydrogen-bond acceptors (Lipinski definition) is 7. The van der Waals surface area contributed by atoms with Gasteiger partial charge in [-0.25, -0.2) is 9.78 Å². The summed E-state index contributed by atoms with van der Waals surface area (Å²) in [6, 6.07) is 21.7. The van der Waals surface area contributed by atoms with Gasteiger partial charge in [0.15, 0.2) is 11.9 Å². The van der Waals surface area contributed by atoms with Gasteiger partial charge in [0.2, 0.25) is 5.82 Å². The Morgan fingerprint density at radius 1 is 1.11 bits per heavy atom. The molecule has 37 heavy (non-hydrogen) atoms. The van der Waals surface area contributed by atoms with Crippen LogP contribution >= 0.6 is 0 Å². The highest BCUT2D eigenvalue weighted by atomic mass is 16.5. The molecule has 0 spiro atoms. The summed E-state index contributed by atoms with van der Waals surface area (Å²) in [6.07, 6.45) is 0.369. The molecule has 0 amide bonds. The molecule has 0 radical (unpaired) electrons. The molecule has 2 heterocycles. The standard InChI is InChI=1S/C28H24N4O5/c1-17(28(34)35)36-24-15-20(31(2)3)13-12-19(24)16-29-32-26(25-14-18-8-4-7-11-23(18)37-25)30-22-10-6-5-9-21(22)27(32)33/h4-17H,1-3H3,(H,34,35)/t17-/m1/s1. The molecular formula is C28H24N4O5. The van der Waals surface area contributed by atoms with Crippen molar-refractivity contribution in [2.45, 2.75) is 13.0 Å². The van der Waals surface area contributed by atoms with Crippen molar-refractivity contribution < 1.29 is 19.1 Å². The van der Waals surface area contributed by atoms with Gasteiger partial charge in [0.05, 0.1) is 17.1 Å². The minimum Gasteiger partial charge on any atom is -0.479 e. The van der Waals surface area contributed by atoms with E-state index < -0.39 is 12.1 Å². The van der Waals surface area contributed by atoms with E-state index in [1.54, 1.807) is 30.3 Å². The lowest BCUT2D eigenvalue weighted by Gasteiger charge is -2.17. The maximum Gasteiger partial charge on any atom is 0.344 e. The van der Waals surface area contributed by atoms with Gasteiger partial charge in [0.1, 0.15) is 11.3 Å². The number of furan rings is 1. The number of aliphatic carboxylic acids is 1. The first-order valence-electron chi connectivity index (χ1n) is 11.6. The number of carboxylic acids is 1. The quantitative estimate of drug-likeness (QED) is 0.328. The zero-order valence-electron chi connectivity index (χ0n) is 20.5. The summed E-state index contributed by atoms with van der Waals surface area (Å²) in [5.41, 5.74) is 2.12. The number of benzene rings is 3. The van der Waals surface area contributed by atoms with Crippen LogP contribution in [0.1, 0.15) is 12.5 Å².